The predicted octanol–water partition coefficient (Wildman–Crippen LogP) is 1.89. The Bertz CT molecular complexity index is 691. The van der Waals surface area contributed by atoms with Gasteiger partial charge >= 0.3 is 11.9 Å². The molecule has 0 spiro atoms. The monoisotopic (exact) mass is 392 g/mol. The quantitative estimate of drug-likeness (QED) is 0.319. The molecule has 5 atom stereocenters. The maximum absolute atomic E-state index is 12.6. The standard InChI is InChI=1S/C21H28O7/c1-5-12(2)20(24)28-19-17-13(3)21(25)27-16(17)9-14(10-22)7-6-8-15(11-23)18(19)26-4/h8-9,11-12,16-19,22H,3,5-7,10H2,1-2,4H3/b14-9-,15-8-. The van der Waals surface area contributed by atoms with Gasteiger partial charge in [-0.05, 0) is 30.9 Å². The van der Waals surface area contributed by atoms with Crippen LogP contribution >= 0.6 is 0 Å². The van der Waals surface area contributed by atoms with Crippen molar-refractivity contribution in [2.24, 2.45) is 11.8 Å². The first-order chi connectivity index (χ1) is 13.4. The molecule has 0 aromatic carbocycles. The number of methoxy groups -OCH3 is 1. The van der Waals surface area contributed by atoms with E-state index in [9.17, 15) is 19.5 Å². The van der Waals surface area contributed by atoms with Crippen LogP contribution in [0.5, 0.6) is 0 Å². The van der Waals surface area contributed by atoms with Crippen molar-refractivity contribution in [3.63, 3.8) is 0 Å². The van der Waals surface area contributed by atoms with E-state index in [4.69, 9.17) is 14.2 Å². The topological polar surface area (TPSA) is 99.1 Å². The molecule has 7 heteroatoms. The highest BCUT2D eigenvalue weighted by molar-refractivity contribution is 5.91. The lowest BCUT2D eigenvalue weighted by Crippen LogP contribution is -2.44. The molecule has 7 nitrogen and oxygen atoms in total. The minimum absolute atomic E-state index is 0.147. The van der Waals surface area contributed by atoms with Gasteiger partial charge in [-0.1, -0.05) is 26.5 Å². The van der Waals surface area contributed by atoms with Crippen molar-refractivity contribution >= 4 is 18.2 Å². The van der Waals surface area contributed by atoms with E-state index in [0.717, 1.165) is 0 Å². The minimum Gasteiger partial charge on any atom is -0.458 e. The molecule has 0 bridgehead atoms. The van der Waals surface area contributed by atoms with E-state index in [1.54, 1.807) is 19.1 Å². The zero-order valence-corrected chi connectivity index (χ0v) is 16.6. The number of rotatable bonds is 6. The highest BCUT2D eigenvalue weighted by Gasteiger charge is 2.48. The summed E-state index contributed by atoms with van der Waals surface area (Å²) in [7, 11) is 1.42. The van der Waals surface area contributed by atoms with Gasteiger partial charge in [0.15, 0.2) is 0 Å². The van der Waals surface area contributed by atoms with Crippen LogP contribution in [0.2, 0.25) is 0 Å². The number of carbonyl (C=O) groups is 3. The fourth-order valence-electron chi connectivity index (χ4n) is 3.43. The van der Waals surface area contributed by atoms with E-state index in [-0.39, 0.29) is 18.1 Å². The Kier molecular flexibility index (Phi) is 7.71. The smallest absolute Gasteiger partial charge is 0.334 e. The summed E-state index contributed by atoms with van der Waals surface area (Å²) in [5.41, 5.74) is 1.13. The van der Waals surface area contributed by atoms with Gasteiger partial charge in [0.2, 0.25) is 0 Å². The summed E-state index contributed by atoms with van der Waals surface area (Å²) in [6, 6.07) is 0. The van der Waals surface area contributed by atoms with Gasteiger partial charge in [-0.2, -0.15) is 0 Å². The third kappa shape index (κ3) is 4.59. The molecule has 1 heterocycles. The molecule has 0 aromatic heterocycles. The fraction of sp³-hybridized carbons (Fsp3) is 0.571. The number of allylic oxidation sites excluding steroid dienone is 1. The molecular formula is C21H28O7. The highest BCUT2D eigenvalue weighted by Crippen LogP contribution is 2.37. The molecule has 28 heavy (non-hydrogen) atoms. The van der Waals surface area contributed by atoms with Crippen LogP contribution in [-0.2, 0) is 28.6 Å². The molecule has 1 saturated heterocycles. The summed E-state index contributed by atoms with van der Waals surface area (Å²) in [6.07, 6.45) is 3.01. The van der Waals surface area contributed by atoms with Crippen LogP contribution in [0, 0.1) is 11.8 Å². The van der Waals surface area contributed by atoms with Gasteiger partial charge < -0.3 is 19.3 Å². The van der Waals surface area contributed by atoms with E-state index in [0.29, 0.717) is 36.7 Å². The Balaban J connectivity index is 2.56. The van der Waals surface area contributed by atoms with Crippen molar-refractivity contribution in [3.8, 4) is 0 Å². The second-order valence-corrected chi connectivity index (χ2v) is 7.13. The van der Waals surface area contributed by atoms with Crippen LogP contribution < -0.4 is 0 Å². The molecule has 5 unspecified atom stereocenters. The Morgan fingerprint density at radius 1 is 1.50 bits per heavy atom. The second-order valence-electron chi connectivity index (χ2n) is 7.13. The van der Waals surface area contributed by atoms with Crippen LogP contribution in [0.4, 0.5) is 0 Å². The number of carbonyl (C=O) groups excluding carboxylic acids is 3. The van der Waals surface area contributed by atoms with Gasteiger partial charge in [-0.25, -0.2) is 4.79 Å². The highest BCUT2D eigenvalue weighted by atomic mass is 16.6. The molecule has 2 aliphatic rings. The summed E-state index contributed by atoms with van der Waals surface area (Å²) in [4.78, 5) is 36.5. The number of aliphatic hydroxyl groups is 1. The Labute approximate surface area is 165 Å². The minimum atomic E-state index is -0.971. The lowest BCUT2D eigenvalue weighted by atomic mass is 9.83. The molecule has 0 amide bonds. The number of aliphatic hydroxyl groups excluding tert-OH is 1. The third-order valence-corrected chi connectivity index (χ3v) is 5.35. The summed E-state index contributed by atoms with van der Waals surface area (Å²) in [5.74, 6) is -2.13. The molecule has 0 aromatic rings. The number of fused-ring (bicyclic) bond motifs is 1. The van der Waals surface area contributed by atoms with E-state index < -0.39 is 36.2 Å². The molecule has 154 valence electrons. The van der Waals surface area contributed by atoms with Gasteiger partial charge in [0.1, 0.15) is 24.6 Å². The number of esters is 2. The van der Waals surface area contributed by atoms with Crippen molar-refractivity contribution in [2.45, 2.75) is 51.4 Å². The van der Waals surface area contributed by atoms with Crippen LogP contribution in [0.25, 0.3) is 0 Å². The zero-order valence-electron chi connectivity index (χ0n) is 16.6. The van der Waals surface area contributed by atoms with Crippen LogP contribution in [-0.4, -0.2) is 55.4 Å². The van der Waals surface area contributed by atoms with Crippen LogP contribution in [0.15, 0.2) is 35.5 Å². The predicted molar refractivity (Wildman–Crippen MR) is 101 cm³/mol. The first-order valence-corrected chi connectivity index (χ1v) is 9.46. The first kappa shape index (κ1) is 22.0. The van der Waals surface area contributed by atoms with Gasteiger partial charge in [0.25, 0.3) is 0 Å². The van der Waals surface area contributed by atoms with Crippen LogP contribution in [0.1, 0.15) is 33.1 Å². The summed E-state index contributed by atoms with van der Waals surface area (Å²) in [5, 5.41) is 9.63. The Morgan fingerprint density at radius 2 is 2.21 bits per heavy atom. The van der Waals surface area contributed by atoms with Crippen LogP contribution in [0.3, 0.4) is 0 Å². The van der Waals surface area contributed by atoms with Gasteiger partial charge in [-0.15, -0.1) is 0 Å². The number of hydrogen-bond acceptors (Lipinski definition) is 7. The Morgan fingerprint density at radius 3 is 2.79 bits per heavy atom. The molecule has 1 fully saturated rings. The van der Waals surface area contributed by atoms with E-state index in [1.807, 2.05) is 6.92 Å². The average Bonchev–Trinajstić information content (AvgIpc) is 2.97. The average molecular weight is 392 g/mol. The number of hydrogen-bond donors (Lipinski definition) is 1. The van der Waals surface area contributed by atoms with E-state index in [1.165, 1.54) is 7.11 Å². The maximum atomic E-state index is 12.6. The fourth-order valence-corrected chi connectivity index (χ4v) is 3.43. The largest absolute Gasteiger partial charge is 0.458 e. The first-order valence-electron chi connectivity index (χ1n) is 9.46. The lowest BCUT2D eigenvalue weighted by Gasteiger charge is -2.33. The molecule has 0 saturated carbocycles. The summed E-state index contributed by atoms with van der Waals surface area (Å²) in [6.45, 7) is 7.22. The summed E-state index contributed by atoms with van der Waals surface area (Å²) < 4.78 is 16.7. The van der Waals surface area contributed by atoms with Gasteiger partial charge in [0.05, 0.1) is 18.4 Å². The molecule has 1 aliphatic carbocycles. The molecule has 2 rings (SSSR count). The lowest BCUT2D eigenvalue weighted by molar-refractivity contribution is -0.164. The Hall–Kier alpha value is -2.25. The molecular weight excluding hydrogens is 364 g/mol. The van der Waals surface area contributed by atoms with Crippen molar-refractivity contribution in [1.29, 1.82) is 0 Å². The second kappa shape index (κ2) is 9.80. The number of aldehydes is 1. The van der Waals surface area contributed by atoms with Crippen molar-refractivity contribution < 1.29 is 33.7 Å². The van der Waals surface area contributed by atoms with Gasteiger partial charge in [-0.3, -0.25) is 9.59 Å². The molecule has 0 radical (unpaired) electrons. The SMILES string of the molecule is C=C1C(=O)OC2/C=C(\CO)CC/C=C(/C=O)C(OC)C(OC(=O)C(C)CC)C12. The maximum Gasteiger partial charge on any atom is 0.334 e. The molecule has 1 aliphatic heterocycles. The van der Waals surface area contributed by atoms with Gasteiger partial charge in [0, 0.05) is 18.3 Å². The normalized spacial score (nSPS) is 32.9. The molecule has 1 N–H and O–H groups in total. The number of ether oxygens (including phenoxy) is 3. The summed E-state index contributed by atoms with van der Waals surface area (Å²) >= 11 is 0. The third-order valence-electron chi connectivity index (χ3n) is 5.35. The van der Waals surface area contributed by atoms with Crippen molar-refractivity contribution in [1.82, 2.24) is 0 Å². The van der Waals surface area contributed by atoms with Crippen molar-refractivity contribution in [3.05, 3.63) is 35.5 Å². The zero-order chi connectivity index (χ0) is 20.8. The van der Waals surface area contributed by atoms with Crippen molar-refractivity contribution in [2.75, 3.05) is 13.7 Å². The van der Waals surface area contributed by atoms with E-state index in [2.05, 4.69) is 6.58 Å². The van der Waals surface area contributed by atoms with E-state index >= 15 is 0 Å².